The summed E-state index contributed by atoms with van der Waals surface area (Å²) in [6.45, 7) is 1.77. The zero-order valence-electron chi connectivity index (χ0n) is 15.5. The van der Waals surface area contributed by atoms with Crippen molar-refractivity contribution < 1.29 is 39.5 Å². The van der Waals surface area contributed by atoms with E-state index in [1.165, 1.54) is 0 Å². The first-order chi connectivity index (χ1) is 13.8. The van der Waals surface area contributed by atoms with E-state index >= 15 is 0 Å². The summed E-state index contributed by atoms with van der Waals surface area (Å²) in [5.74, 6) is -0.509. The van der Waals surface area contributed by atoms with Gasteiger partial charge in [0.15, 0.2) is 9.84 Å². The van der Waals surface area contributed by atoms with Gasteiger partial charge in [-0.3, -0.25) is 4.98 Å². The van der Waals surface area contributed by atoms with Crippen LogP contribution in [0.5, 0.6) is 0 Å². The lowest BCUT2D eigenvalue weighted by Gasteiger charge is -2.36. The average molecular weight is 453 g/mol. The normalized spacial score (nSPS) is 23.4. The van der Waals surface area contributed by atoms with Crippen LogP contribution in [0, 0.1) is 5.92 Å². The monoisotopic (exact) mass is 453 g/mol. The Morgan fingerprint density at radius 2 is 1.73 bits per heavy atom. The molecule has 0 amide bonds. The second kappa shape index (κ2) is 7.84. The zero-order chi connectivity index (χ0) is 22.3. The van der Waals surface area contributed by atoms with Gasteiger partial charge in [-0.1, -0.05) is 19.1 Å². The molecule has 1 fully saturated rings. The van der Waals surface area contributed by atoms with Crippen LogP contribution in [0.15, 0.2) is 47.5 Å². The van der Waals surface area contributed by atoms with Crippen LogP contribution in [0.3, 0.4) is 0 Å². The van der Waals surface area contributed by atoms with Crippen LogP contribution in [-0.4, -0.2) is 25.3 Å². The van der Waals surface area contributed by atoms with E-state index < -0.39 is 55.6 Å². The maximum atomic E-state index is 13.2. The number of hydrogen-bond donors (Lipinski definition) is 0. The van der Waals surface area contributed by atoms with E-state index in [0.717, 1.165) is 30.5 Å². The van der Waals surface area contributed by atoms with Gasteiger partial charge >= 0.3 is 12.4 Å². The van der Waals surface area contributed by atoms with Gasteiger partial charge in [0, 0.05) is 18.4 Å². The van der Waals surface area contributed by atoms with E-state index in [-0.39, 0.29) is 12.2 Å². The molecule has 3 unspecified atom stereocenters. The van der Waals surface area contributed by atoms with Gasteiger partial charge in [-0.2, -0.15) is 26.3 Å². The average Bonchev–Trinajstić information content (AvgIpc) is 2.66. The Morgan fingerprint density at radius 1 is 1.03 bits per heavy atom. The molecule has 1 aliphatic heterocycles. The van der Waals surface area contributed by atoms with Crippen LogP contribution >= 0.6 is 0 Å². The molecule has 1 saturated heterocycles. The van der Waals surface area contributed by atoms with Gasteiger partial charge in [-0.25, -0.2) is 8.42 Å². The first-order valence-corrected chi connectivity index (χ1v) is 10.4. The van der Waals surface area contributed by atoms with E-state index in [4.69, 9.17) is 4.74 Å². The van der Waals surface area contributed by atoms with E-state index in [0.29, 0.717) is 18.6 Å². The van der Waals surface area contributed by atoms with E-state index in [9.17, 15) is 34.8 Å². The molecule has 0 N–H and O–H groups in total. The summed E-state index contributed by atoms with van der Waals surface area (Å²) in [7, 11) is -4.30. The molecule has 0 radical (unpaired) electrons. The fourth-order valence-corrected chi connectivity index (χ4v) is 5.62. The third-order valence-electron chi connectivity index (χ3n) is 4.98. The van der Waals surface area contributed by atoms with E-state index in [1.807, 2.05) is 0 Å². The SMILES string of the molecule is CC1CCOC(c2ccc(C(F)(F)F)nc2)C1S(=O)(=O)c1cccc(C(F)(F)F)c1. The molecule has 0 spiro atoms. The lowest BCUT2D eigenvalue weighted by molar-refractivity contribution is -0.141. The third-order valence-corrected chi connectivity index (χ3v) is 7.32. The predicted octanol–water partition coefficient (Wildman–Crippen LogP) is 5.06. The van der Waals surface area contributed by atoms with Crippen molar-refractivity contribution in [2.75, 3.05) is 6.61 Å². The Labute approximate surface area is 168 Å². The smallest absolute Gasteiger partial charge is 0.372 e. The summed E-state index contributed by atoms with van der Waals surface area (Å²) >= 11 is 0. The molecule has 1 aromatic carbocycles. The topological polar surface area (TPSA) is 56.3 Å². The van der Waals surface area contributed by atoms with Gasteiger partial charge in [0.25, 0.3) is 0 Å². The standard InChI is InChI=1S/C19H17F6NO3S/c1-11-7-8-29-16(12-5-6-15(26-10-12)19(23,24)25)17(11)30(27,28)14-4-2-3-13(9-14)18(20,21)22/h2-6,9-11,16-17H,7-8H2,1H3. The minimum atomic E-state index is -4.73. The molecular formula is C19H17F6NO3S. The van der Waals surface area contributed by atoms with Gasteiger partial charge in [0.2, 0.25) is 0 Å². The summed E-state index contributed by atoms with van der Waals surface area (Å²) in [5.41, 5.74) is -2.15. The van der Waals surface area contributed by atoms with Crippen LogP contribution in [0.1, 0.15) is 36.3 Å². The largest absolute Gasteiger partial charge is 0.433 e. The number of benzene rings is 1. The molecule has 2 aromatic rings. The Balaban J connectivity index is 2.02. The zero-order valence-corrected chi connectivity index (χ0v) is 16.4. The Hall–Kier alpha value is -2.14. The van der Waals surface area contributed by atoms with Crippen LogP contribution < -0.4 is 0 Å². The Morgan fingerprint density at radius 3 is 2.30 bits per heavy atom. The van der Waals surface area contributed by atoms with Gasteiger partial charge in [0.05, 0.1) is 15.7 Å². The number of hydrogen-bond acceptors (Lipinski definition) is 4. The van der Waals surface area contributed by atoms with Gasteiger partial charge in [0.1, 0.15) is 11.8 Å². The highest BCUT2D eigenvalue weighted by molar-refractivity contribution is 7.92. The molecule has 3 atom stereocenters. The van der Waals surface area contributed by atoms with Crippen molar-refractivity contribution in [2.45, 2.75) is 41.9 Å². The van der Waals surface area contributed by atoms with Crippen molar-refractivity contribution in [1.29, 1.82) is 0 Å². The number of aromatic nitrogens is 1. The minimum absolute atomic E-state index is 0.107. The highest BCUT2D eigenvalue weighted by atomic mass is 32.2. The summed E-state index contributed by atoms with van der Waals surface area (Å²) in [5, 5.41) is -1.28. The molecule has 0 saturated carbocycles. The van der Waals surface area contributed by atoms with Crippen molar-refractivity contribution >= 4 is 9.84 Å². The van der Waals surface area contributed by atoms with E-state index in [2.05, 4.69) is 4.98 Å². The Bertz CT molecular complexity index is 1000. The molecule has 11 heteroatoms. The van der Waals surface area contributed by atoms with Crippen molar-refractivity contribution in [3.8, 4) is 0 Å². The van der Waals surface area contributed by atoms with Crippen LogP contribution in [-0.2, 0) is 26.9 Å². The van der Waals surface area contributed by atoms with Crippen LogP contribution in [0.25, 0.3) is 0 Å². The lowest BCUT2D eigenvalue weighted by atomic mass is 9.93. The number of ether oxygens (including phenoxy) is 1. The van der Waals surface area contributed by atoms with Crippen molar-refractivity contribution in [2.24, 2.45) is 5.92 Å². The quantitative estimate of drug-likeness (QED) is 0.610. The molecule has 164 valence electrons. The van der Waals surface area contributed by atoms with Crippen LogP contribution in [0.2, 0.25) is 0 Å². The summed E-state index contributed by atoms with van der Waals surface area (Å²) < 4.78 is 109. The van der Waals surface area contributed by atoms with Gasteiger partial charge in [-0.15, -0.1) is 0 Å². The molecule has 0 bridgehead atoms. The number of sulfone groups is 1. The fraction of sp³-hybridized carbons (Fsp3) is 0.421. The molecule has 4 nitrogen and oxygen atoms in total. The maximum Gasteiger partial charge on any atom is 0.433 e. The molecule has 1 aromatic heterocycles. The second-order valence-corrected chi connectivity index (χ2v) is 9.17. The summed E-state index contributed by atoms with van der Waals surface area (Å²) in [6.07, 6.45) is -9.34. The van der Waals surface area contributed by atoms with Crippen molar-refractivity contribution in [3.63, 3.8) is 0 Å². The number of pyridine rings is 1. The Kier molecular flexibility index (Phi) is 5.89. The highest BCUT2D eigenvalue weighted by Gasteiger charge is 2.44. The van der Waals surface area contributed by atoms with Crippen LogP contribution in [0.4, 0.5) is 26.3 Å². The molecular weight excluding hydrogens is 436 g/mol. The molecule has 30 heavy (non-hydrogen) atoms. The third kappa shape index (κ3) is 4.46. The number of alkyl halides is 6. The first-order valence-electron chi connectivity index (χ1n) is 8.87. The second-order valence-electron chi connectivity index (χ2n) is 7.07. The number of halogens is 6. The molecule has 0 aliphatic carbocycles. The highest BCUT2D eigenvalue weighted by Crippen LogP contribution is 2.40. The number of rotatable bonds is 3. The van der Waals surface area contributed by atoms with E-state index in [1.54, 1.807) is 6.92 Å². The minimum Gasteiger partial charge on any atom is -0.372 e. The lowest BCUT2D eigenvalue weighted by Crippen LogP contribution is -2.40. The molecule has 2 heterocycles. The van der Waals surface area contributed by atoms with Gasteiger partial charge < -0.3 is 4.74 Å². The fourth-order valence-electron chi connectivity index (χ4n) is 3.44. The van der Waals surface area contributed by atoms with Gasteiger partial charge in [-0.05, 0) is 36.6 Å². The molecule has 1 aliphatic rings. The van der Waals surface area contributed by atoms with Crippen molar-refractivity contribution in [1.82, 2.24) is 4.98 Å². The molecule has 3 rings (SSSR count). The first kappa shape index (κ1) is 22.5. The summed E-state index contributed by atoms with van der Waals surface area (Å²) in [4.78, 5) is 2.81. The van der Waals surface area contributed by atoms with Crippen molar-refractivity contribution in [3.05, 3.63) is 59.4 Å². The number of nitrogens with zero attached hydrogens (tertiary/aromatic N) is 1. The maximum absolute atomic E-state index is 13.2. The predicted molar refractivity (Wildman–Crippen MR) is 94.1 cm³/mol. The summed E-state index contributed by atoms with van der Waals surface area (Å²) in [6, 6.07) is 5.17.